The van der Waals surface area contributed by atoms with Crippen LogP contribution in [0.3, 0.4) is 0 Å². The van der Waals surface area contributed by atoms with Crippen molar-refractivity contribution in [3.63, 3.8) is 0 Å². The third-order valence-electron chi connectivity index (χ3n) is 4.22. The summed E-state index contributed by atoms with van der Waals surface area (Å²) >= 11 is 1.47. The maximum atomic E-state index is 12.3. The van der Waals surface area contributed by atoms with E-state index in [1.807, 2.05) is 5.38 Å². The van der Waals surface area contributed by atoms with Crippen LogP contribution < -0.4 is 0 Å². The number of aromatic nitrogens is 3. The predicted molar refractivity (Wildman–Crippen MR) is 87.8 cm³/mol. The number of amides is 1. The second-order valence-electron chi connectivity index (χ2n) is 5.94. The van der Waals surface area contributed by atoms with Crippen LogP contribution in [0.4, 0.5) is 0 Å². The summed E-state index contributed by atoms with van der Waals surface area (Å²) in [5.41, 5.74) is 1.47. The fourth-order valence-electron chi connectivity index (χ4n) is 2.89. The van der Waals surface area contributed by atoms with E-state index in [2.05, 4.69) is 15.0 Å². The molecule has 3 rings (SSSR count). The van der Waals surface area contributed by atoms with E-state index in [4.69, 9.17) is 0 Å². The fraction of sp³-hybridized carbons (Fsp3) is 0.500. The van der Waals surface area contributed by atoms with Gasteiger partial charge in [-0.05, 0) is 12.8 Å². The molecule has 0 spiro atoms. The average molecular weight is 332 g/mol. The van der Waals surface area contributed by atoms with E-state index in [0.717, 1.165) is 35.7 Å². The maximum Gasteiger partial charge on any atom is 0.228 e. The number of aliphatic hydroxyl groups excluding tert-OH is 1. The molecule has 6 nitrogen and oxygen atoms in total. The molecule has 23 heavy (non-hydrogen) atoms. The largest absolute Gasteiger partial charge is 0.393 e. The summed E-state index contributed by atoms with van der Waals surface area (Å²) in [5.74, 6) is 0.231. The topological polar surface area (TPSA) is 79.2 Å². The van der Waals surface area contributed by atoms with Crippen molar-refractivity contribution in [2.24, 2.45) is 5.92 Å². The minimum Gasteiger partial charge on any atom is -0.393 e. The van der Waals surface area contributed by atoms with E-state index in [9.17, 15) is 9.90 Å². The third kappa shape index (κ3) is 3.92. The van der Waals surface area contributed by atoms with Crippen LogP contribution in [0, 0.1) is 5.92 Å². The maximum absolute atomic E-state index is 12.3. The zero-order valence-electron chi connectivity index (χ0n) is 13.1. The van der Waals surface area contributed by atoms with Gasteiger partial charge in [0.2, 0.25) is 5.91 Å². The summed E-state index contributed by atoms with van der Waals surface area (Å²) in [6.45, 7) is 0.612. The quantitative estimate of drug-likeness (QED) is 0.902. The van der Waals surface area contributed by atoms with Crippen LogP contribution in [-0.4, -0.2) is 50.6 Å². The van der Waals surface area contributed by atoms with Crippen molar-refractivity contribution >= 4 is 17.2 Å². The summed E-state index contributed by atoms with van der Waals surface area (Å²) in [7, 11) is 1.79. The fourth-order valence-corrected chi connectivity index (χ4v) is 3.67. The molecule has 2 unspecified atom stereocenters. The van der Waals surface area contributed by atoms with Crippen LogP contribution in [-0.2, 0) is 11.2 Å². The molecule has 1 aliphatic carbocycles. The third-order valence-corrected chi connectivity index (χ3v) is 5.13. The molecule has 1 fully saturated rings. The molecule has 7 heteroatoms. The van der Waals surface area contributed by atoms with Gasteiger partial charge in [-0.2, -0.15) is 0 Å². The first kappa shape index (κ1) is 16.0. The molecule has 122 valence electrons. The predicted octanol–water partition coefficient (Wildman–Crippen LogP) is 1.76. The Labute approximate surface area is 139 Å². The number of carbonyl (C=O) groups is 1. The molecule has 0 radical (unpaired) electrons. The normalized spacial score (nSPS) is 20.6. The van der Waals surface area contributed by atoms with Gasteiger partial charge in [0.05, 0.1) is 24.4 Å². The molecule has 2 aromatic heterocycles. The second-order valence-corrected chi connectivity index (χ2v) is 6.80. The molecule has 1 aliphatic rings. The van der Waals surface area contributed by atoms with Crippen molar-refractivity contribution in [1.82, 2.24) is 19.9 Å². The molecular formula is C16H20N4O2S. The van der Waals surface area contributed by atoms with Gasteiger partial charge in [-0.15, -0.1) is 11.3 Å². The number of hydrogen-bond acceptors (Lipinski definition) is 6. The van der Waals surface area contributed by atoms with Crippen molar-refractivity contribution in [3.8, 4) is 10.7 Å². The molecule has 2 heterocycles. The van der Waals surface area contributed by atoms with Crippen molar-refractivity contribution in [1.29, 1.82) is 0 Å². The van der Waals surface area contributed by atoms with Crippen molar-refractivity contribution in [3.05, 3.63) is 29.7 Å². The van der Waals surface area contributed by atoms with Gasteiger partial charge in [0, 0.05) is 37.3 Å². The van der Waals surface area contributed by atoms with E-state index in [-0.39, 0.29) is 24.3 Å². The monoisotopic (exact) mass is 332 g/mol. The standard InChI is InChI=1S/C16H20N4O2S/c1-20(9-11-3-2-4-14(11)21)15(22)7-12-10-23-16(19-12)13-8-17-5-6-18-13/h5-6,8,10-11,14,21H,2-4,7,9H2,1H3. The van der Waals surface area contributed by atoms with Crippen LogP contribution in [0.2, 0.25) is 0 Å². The summed E-state index contributed by atoms with van der Waals surface area (Å²) in [6.07, 6.45) is 7.80. The Hall–Kier alpha value is -1.86. The smallest absolute Gasteiger partial charge is 0.228 e. The lowest BCUT2D eigenvalue weighted by Crippen LogP contribution is -2.35. The first-order valence-electron chi connectivity index (χ1n) is 7.76. The van der Waals surface area contributed by atoms with Crippen molar-refractivity contribution in [2.75, 3.05) is 13.6 Å². The van der Waals surface area contributed by atoms with Gasteiger partial charge >= 0.3 is 0 Å². The highest BCUT2D eigenvalue weighted by molar-refractivity contribution is 7.13. The highest BCUT2D eigenvalue weighted by Gasteiger charge is 2.27. The zero-order chi connectivity index (χ0) is 16.2. The second kappa shape index (κ2) is 7.14. The molecule has 0 aliphatic heterocycles. The van der Waals surface area contributed by atoms with Gasteiger partial charge in [0.15, 0.2) is 0 Å². The summed E-state index contributed by atoms with van der Waals surface area (Å²) in [4.78, 5) is 26.8. The number of nitrogens with zero attached hydrogens (tertiary/aromatic N) is 4. The Kier molecular flexibility index (Phi) is 4.97. The number of hydrogen-bond donors (Lipinski definition) is 1. The average Bonchev–Trinajstić information content (AvgIpc) is 3.18. The van der Waals surface area contributed by atoms with Gasteiger partial charge in [0.25, 0.3) is 0 Å². The van der Waals surface area contributed by atoms with E-state index in [0.29, 0.717) is 6.54 Å². The number of thiazole rings is 1. The number of carbonyl (C=O) groups excluding carboxylic acids is 1. The lowest BCUT2D eigenvalue weighted by Gasteiger charge is -2.23. The van der Waals surface area contributed by atoms with Crippen LogP contribution in [0.25, 0.3) is 10.7 Å². The van der Waals surface area contributed by atoms with E-state index in [1.165, 1.54) is 11.3 Å². The summed E-state index contributed by atoms with van der Waals surface area (Å²) in [5, 5.41) is 12.5. The van der Waals surface area contributed by atoms with Gasteiger partial charge in [-0.25, -0.2) is 4.98 Å². The number of rotatable bonds is 5. The van der Waals surface area contributed by atoms with E-state index >= 15 is 0 Å². The Morgan fingerprint density at radius 1 is 1.43 bits per heavy atom. The lowest BCUT2D eigenvalue weighted by molar-refractivity contribution is -0.130. The molecule has 1 N–H and O–H groups in total. The van der Waals surface area contributed by atoms with Crippen LogP contribution in [0.1, 0.15) is 25.0 Å². The van der Waals surface area contributed by atoms with Gasteiger partial charge in [0.1, 0.15) is 10.7 Å². The van der Waals surface area contributed by atoms with E-state index < -0.39 is 0 Å². The summed E-state index contributed by atoms with van der Waals surface area (Å²) in [6, 6.07) is 0. The minimum absolute atomic E-state index is 0.0279. The minimum atomic E-state index is -0.271. The molecule has 0 saturated heterocycles. The van der Waals surface area contributed by atoms with Crippen molar-refractivity contribution in [2.45, 2.75) is 31.8 Å². The first-order valence-corrected chi connectivity index (χ1v) is 8.64. The Morgan fingerprint density at radius 3 is 3.00 bits per heavy atom. The van der Waals surface area contributed by atoms with Crippen LogP contribution in [0.15, 0.2) is 24.0 Å². The SMILES string of the molecule is CN(CC1CCCC1O)C(=O)Cc1csc(-c2cnccn2)n1. The van der Waals surface area contributed by atoms with Crippen molar-refractivity contribution < 1.29 is 9.90 Å². The Bertz CT molecular complexity index is 661. The van der Waals surface area contributed by atoms with Gasteiger partial charge < -0.3 is 10.0 Å². The zero-order valence-corrected chi connectivity index (χ0v) is 13.9. The van der Waals surface area contributed by atoms with Crippen LogP contribution >= 0.6 is 11.3 Å². The number of aliphatic hydroxyl groups is 1. The molecule has 0 bridgehead atoms. The summed E-state index contributed by atoms with van der Waals surface area (Å²) < 4.78 is 0. The van der Waals surface area contributed by atoms with Gasteiger partial charge in [-0.1, -0.05) is 6.42 Å². The first-order chi connectivity index (χ1) is 11.1. The Morgan fingerprint density at radius 2 is 2.30 bits per heavy atom. The Balaban J connectivity index is 1.58. The highest BCUT2D eigenvalue weighted by Crippen LogP contribution is 2.26. The molecule has 0 aromatic carbocycles. The molecule has 1 amide bonds. The lowest BCUT2D eigenvalue weighted by atomic mass is 10.1. The number of likely N-dealkylation sites (N-methyl/N-ethyl adjacent to an activating group) is 1. The van der Waals surface area contributed by atoms with E-state index in [1.54, 1.807) is 30.5 Å². The van der Waals surface area contributed by atoms with Crippen LogP contribution in [0.5, 0.6) is 0 Å². The molecule has 2 atom stereocenters. The molecule has 1 saturated carbocycles. The highest BCUT2D eigenvalue weighted by atomic mass is 32.1. The molecule has 2 aromatic rings. The molecular weight excluding hydrogens is 312 g/mol. The van der Waals surface area contributed by atoms with Gasteiger partial charge in [-0.3, -0.25) is 14.8 Å².